The second-order valence-electron chi connectivity index (χ2n) is 7.21. The van der Waals surface area contributed by atoms with Crippen molar-refractivity contribution in [2.75, 3.05) is 38.0 Å². The van der Waals surface area contributed by atoms with Gasteiger partial charge in [-0.3, -0.25) is 9.69 Å². The van der Waals surface area contributed by atoms with Crippen molar-refractivity contribution in [1.29, 1.82) is 0 Å². The van der Waals surface area contributed by atoms with Crippen LogP contribution in [0.5, 0.6) is 0 Å². The molecule has 0 spiro atoms. The molecule has 2 heterocycles. The van der Waals surface area contributed by atoms with Crippen LogP contribution in [0.2, 0.25) is 0 Å². The molecule has 1 atom stereocenters. The van der Waals surface area contributed by atoms with Crippen molar-refractivity contribution < 1.29 is 9.59 Å². The molecule has 1 saturated heterocycles. The van der Waals surface area contributed by atoms with Crippen LogP contribution in [0.15, 0.2) is 41.1 Å². The first-order chi connectivity index (χ1) is 14.1. The molecule has 2 aromatic rings. The van der Waals surface area contributed by atoms with Gasteiger partial charge in [-0.25, -0.2) is 4.79 Å². The molecule has 0 bridgehead atoms. The number of amides is 3. The molecule has 0 radical (unpaired) electrons. The molecular weight excluding hydrogens is 384 g/mol. The molecule has 3 amide bonds. The number of urea groups is 1. The van der Waals surface area contributed by atoms with E-state index in [1.54, 1.807) is 29.5 Å². The molecule has 2 N–H and O–H groups in total. The van der Waals surface area contributed by atoms with Crippen LogP contribution in [0.25, 0.3) is 0 Å². The second kappa shape index (κ2) is 10.4. The van der Waals surface area contributed by atoms with E-state index >= 15 is 0 Å². The average Bonchev–Trinajstić information content (AvgIpc) is 3.45. The summed E-state index contributed by atoms with van der Waals surface area (Å²) in [4.78, 5) is 29.3. The van der Waals surface area contributed by atoms with Gasteiger partial charge in [-0.15, -0.1) is 0 Å². The molecule has 1 fully saturated rings. The van der Waals surface area contributed by atoms with Crippen LogP contribution in [0.4, 0.5) is 10.5 Å². The number of anilines is 1. The molecule has 1 aliphatic rings. The van der Waals surface area contributed by atoms with E-state index in [2.05, 4.69) is 46.2 Å². The first kappa shape index (κ1) is 21.3. The lowest BCUT2D eigenvalue weighted by atomic mass is 10.1. The molecule has 1 aromatic heterocycles. The molecule has 0 unspecified atom stereocenters. The SMILES string of the molecule is CCN(CC)[C@@H](CNC(=O)Nc1cccc(C(=O)N2CCCC2)c1)c1ccsc1. The van der Waals surface area contributed by atoms with Crippen LogP contribution >= 0.6 is 11.3 Å². The number of benzene rings is 1. The van der Waals surface area contributed by atoms with Crippen LogP contribution in [-0.2, 0) is 0 Å². The van der Waals surface area contributed by atoms with Gasteiger partial charge in [-0.1, -0.05) is 19.9 Å². The summed E-state index contributed by atoms with van der Waals surface area (Å²) in [6.45, 7) is 8.24. The third-order valence-corrected chi connectivity index (χ3v) is 6.10. The zero-order valence-corrected chi connectivity index (χ0v) is 18.0. The summed E-state index contributed by atoms with van der Waals surface area (Å²) in [6, 6.07) is 9.16. The highest BCUT2D eigenvalue weighted by atomic mass is 32.1. The van der Waals surface area contributed by atoms with E-state index in [-0.39, 0.29) is 18.0 Å². The van der Waals surface area contributed by atoms with E-state index < -0.39 is 0 Å². The minimum absolute atomic E-state index is 0.0330. The van der Waals surface area contributed by atoms with Crippen LogP contribution < -0.4 is 10.6 Å². The summed E-state index contributed by atoms with van der Waals surface area (Å²) >= 11 is 1.67. The highest BCUT2D eigenvalue weighted by molar-refractivity contribution is 7.08. The number of carbonyl (C=O) groups is 2. The minimum Gasteiger partial charge on any atom is -0.339 e. The Hall–Kier alpha value is -2.38. The van der Waals surface area contributed by atoms with Crippen molar-refractivity contribution in [3.05, 3.63) is 52.2 Å². The van der Waals surface area contributed by atoms with E-state index in [1.165, 1.54) is 5.56 Å². The van der Waals surface area contributed by atoms with E-state index in [0.717, 1.165) is 39.0 Å². The van der Waals surface area contributed by atoms with E-state index in [1.807, 2.05) is 11.0 Å². The average molecular weight is 415 g/mol. The van der Waals surface area contributed by atoms with Gasteiger partial charge in [-0.05, 0) is 66.5 Å². The third kappa shape index (κ3) is 5.58. The summed E-state index contributed by atoms with van der Waals surface area (Å²) in [5, 5.41) is 10.1. The predicted octanol–water partition coefficient (Wildman–Crippen LogP) is 4.19. The van der Waals surface area contributed by atoms with Gasteiger partial charge in [0.2, 0.25) is 0 Å². The second-order valence-corrected chi connectivity index (χ2v) is 7.99. The number of hydrogen-bond acceptors (Lipinski definition) is 4. The molecule has 6 nitrogen and oxygen atoms in total. The fraction of sp³-hybridized carbons (Fsp3) is 0.455. The molecule has 1 aliphatic heterocycles. The fourth-order valence-corrected chi connectivity index (χ4v) is 4.49. The van der Waals surface area contributed by atoms with Crippen LogP contribution in [-0.4, -0.2) is 54.5 Å². The molecule has 0 saturated carbocycles. The Bertz CT molecular complexity index is 799. The fourth-order valence-electron chi connectivity index (χ4n) is 3.78. The van der Waals surface area contributed by atoms with E-state index in [0.29, 0.717) is 17.8 Å². The number of carbonyl (C=O) groups excluding carboxylic acids is 2. The van der Waals surface area contributed by atoms with Gasteiger partial charge < -0.3 is 15.5 Å². The normalized spacial score (nSPS) is 14.8. The molecular formula is C22H30N4O2S. The lowest BCUT2D eigenvalue weighted by molar-refractivity contribution is 0.0793. The number of rotatable bonds is 8. The molecule has 29 heavy (non-hydrogen) atoms. The Morgan fingerprint density at radius 1 is 1.17 bits per heavy atom. The van der Waals surface area contributed by atoms with Crippen molar-refractivity contribution >= 4 is 29.0 Å². The number of thiophene rings is 1. The Morgan fingerprint density at radius 2 is 1.93 bits per heavy atom. The zero-order valence-electron chi connectivity index (χ0n) is 17.2. The lowest BCUT2D eigenvalue weighted by Crippen LogP contribution is -2.39. The van der Waals surface area contributed by atoms with Crippen molar-refractivity contribution in [1.82, 2.24) is 15.1 Å². The van der Waals surface area contributed by atoms with Crippen LogP contribution in [0, 0.1) is 0 Å². The largest absolute Gasteiger partial charge is 0.339 e. The van der Waals surface area contributed by atoms with E-state index in [4.69, 9.17) is 0 Å². The van der Waals surface area contributed by atoms with Crippen LogP contribution in [0.3, 0.4) is 0 Å². The monoisotopic (exact) mass is 414 g/mol. The van der Waals surface area contributed by atoms with E-state index in [9.17, 15) is 9.59 Å². The van der Waals surface area contributed by atoms with Crippen molar-refractivity contribution in [3.8, 4) is 0 Å². The first-order valence-electron chi connectivity index (χ1n) is 10.3. The first-order valence-corrected chi connectivity index (χ1v) is 11.3. The maximum absolute atomic E-state index is 12.6. The van der Waals surface area contributed by atoms with Gasteiger partial charge in [0.1, 0.15) is 0 Å². The highest BCUT2D eigenvalue weighted by Crippen LogP contribution is 2.22. The number of hydrogen-bond donors (Lipinski definition) is 2. The van der Waals surface area contributed by atoms with Crippen molar-refractivity contribution in [3.63, 3.8) is 0 Å². The predicted molar refractivity (Wildman–Crippen MR) is 119 cm³/mol. The van der Waals surface area contributed by atoms with Gasteiger partial charge in [-0.2, -0.15) is 11.3 Å². The topological polar surface area (TPSA) is 64.7 Å². The van der Waals surface area contributed by atoms with Crippen molar-refractivity contribution in [2.45, 2.75) is 32.7 Å². The third-order valence-electron chi connectivity index (χ3n) is 5.40. The van der Waals surface area contributed by atoms with Gasteiger partial charge in [0.15, 0.2) is 0 Å². The maximum Gasteiger partial charge on any atom is 0.319 e. The Morgan fingerprint density at radius 3 is 2.59 bits per heavy atom. The van der Waals surface area contributed by atoms with Crippen molar-refractivity contribution in [2.24, 2.45) is 0 Å². The standard InChI is InChI=1S/C22H30N4O2S/c1-3-25(4-2)20(18-10-13-29-16-18)15-23-22(28)24-19-9-7-8-17(14-19)21(27)26-11-5-6-12-26/h7-10,13-14,16,20H,3-6,11-12,15H2,1-2H3,(H2,23,24,28)/t20-/m0/s1. The molecule has 156 valence electrons. The molecule has 7 heteroatoms. The van der Waals surface area contributed by atoms with Gasteiger partial charge in [0.05, 0.1) is 6.04 Å². The molecule has 0 aliphatic carbocycles. The molecule has 3 rings (SSSR count). The number of likely N-dealkylation sites (N-methyl/N-ethyl adjacent to an activating group) is 1. The lowest BCUT2D eigenvalue weighted by Gasteiger charge is -2.29. The number of nitrogens with one attached hydrogen (secondary N) is 2. The Labute approximate surface area is 176 Å². The molecule has 1 aromatic carbocycles. The van der Waals surface area contributed by atoms with Gasteiger partial charge in [0.25, 0.3) is 5.91 Å². The Kier molecular flexibility index (Phi) is 7.66. The highest BCUT2D eigenvalue weighted by Gasteiger charge is 2.21. The van der Waals surface area contributed by atoms with Gasteiger partial charge >= 0.3 is 6.03 Å². The quantitative estimate of drug-likeness (QED) is 0.681. The minimum atomic E-state index is -0.261. The van der Waals surface area contributed by atoms with Crippen LogP contribution in [0.1, 0.15) is 48.7 Å². The number of likely N-dealkylation sites (tertiary alicyclic amines) is 1. The summed E-state index contributed by atoms with van der Waals surface area (Å²) in [7, 11) is 0. The summed E-state index contributed by atoms with van der Waals surface area (Å²) in [5.41, 5.74) is 2.46. The van der Waals surface area contributed by atoms with Gasteiger partial charge in [0, 0.05) is 30.9 Å². The maximum atomic E-state index is 12.6. The Balaban J connectivity index is 1.60. The summed E-state index contributed by atoms with van der Waals surface area (Å²) in [5.74, 6) is 0.0330. The smallest absolute Gasteiger partial charge is 0.319 e. The zero-order chi connectivity index (χ0) is 20.6. The summed E-state index contributed by atoms with van der Waals surface area (Å²) in [6.07, 6.45) is 2.12. The summed E-state index contributed by atoms with van der Waals surface area (Å²) < 4.78 is 0. The number of nitrogens with zero attached hydrogens (tertiary/aromatic N) is 2.